The summed E-state index contributed by atoms with van der Waals surface area (Å²) < 4.78 is 0. The molecule has 3 atom stereocenters. The van der Waals surface area contributed by atoms with Crippen LogP contribution in [0.15, 0.2) is 30.3 Å². The normalized spacial score (nSPS) is 30.6. The highest BCUT2D eigenvalue weighted by Gasteiger charge is 2.48. The number of hydrogen-bond acceptors (Lipinski definition) is 2. The minimum Gasteiger partial charge on any atom is -0.394 e. The molecule has 2 unspecified atom stereocenters. The molecule has 1 amide bonds. The number of hydrogen-bond donors (Lipinski definition) is 2. The second-order valence-electron chi connectivity index (χ2n) is 5.58. The van der Waals surface area contributed by atoms with Gasteiger partial charge in [-0.3, -0.25) is 4.79 Å². The van der Waals surface area contributed by atoms with E-state index in [1.165, 1.54) is 6.42 Å². The first-order chi connectivity index (χ1) is 8.78. The summed E-state index contributed by atoms with van der Waals surface area (Å²) in [5, 5.41) is 12.4. The van der Waals surface area contributed by atoms with Crippen molar-refractivity contribution in [2.24, 2.45) is 17.8 Å². The fourth-order valence-corrected chi connectivity index (χ4v) is 3.14. The Balaban J connectivity index is 1.61. The third-order valence-electron chi connectivity index (χ3n) is 4.32. The number of benzene rings is 1. The zero-order chi connectivity index (χ0) is 12.5. The molecule has 0 bridgehead atoms. The van der Waals surface area contributed by atoms with Crippen molar-refractivity contribution in [3.63, 3.8) is 0 Å². The zero-order valence-electron chi connectivity index (χ0n) is 10.4. The smallest absolute Gasteiger partial charge is 0.223 e. The van der Waals surface area contributed by atoms with Gasteiger partial charge in [0.2, 0.25) is 5.91 Å². The number of rotatable bonds is 4. The number of amides is 1. The third-order valence-corrected chi connectivity index (χ3v) is 4.32. The molecular formula is C15H19NO2. The van der Waals surface area contributed by atoms with Crippen molar-refractivity contribution in [1.82, 2.24) is 5.32 Å². The Labute approximate surface area is 107 Å². The number of nitrogens with one attached hydrogen (secondary N) is 1. The predicted octanol–water partition coefficient (Wildman–Crippen LogP) is 1.88. The summed E-state index contributed by atoms with van der Waals surface area (Å²) in [4.78, 5) is 12.1. The highest BCUT2D eigenvalue weighted by Crippen LogP contribution is 2.54. The van der Waals surface area contributed by atoms with Gasteiger partial charge in [0, 0.05) is 5.92 Å². The van der Waals surface area contributed by atoms with Gasteiger partial charge < -0.3 is 10.4 Å². The van der Waals surface area contributed by atoms with E-state index in [2.05, 4.69) is 5.32 Å². The molecule has 96 valence electrons. The van der Waals surface area contributed by atoms with E-state index in [1.807, 2.05) is 30.3 Å². The fraction of sp³-hybridized carbons (Fsp3) is 0.533. The predicted molar refractivity (Wildman–Crippen MR) is 68.7 cm³/mol. The molecule has 3 nitrogen and oxygen atoms in total. The van der Waals surface area contributed by atoms with Crippen molar-refractivity contribution >= 4 is 5.91 Å². The molecule has 1 aromatic rings. The van der Waals surface area contributed by atoms with Crippen LogP contribution in [0.2, 0.25) is 0 Å². The van der Waals surface area contributed by atoms with Crippen molar-refractivity contribution in [3.05, 3.63) is 35.9 Å². The third kappa shape index (κ3) is 2.27. The van der Waals surface area contributed by atoms with Gasteiger partial charge in [0.1, 0.15) is 0 Å². The van der Waals surface area contributed by atoms with E-state index in [9.17, 15) is 9.90 Å². The first-order valence-corrected chi connectivity index (χ1v) is 6.74. The van der Waals surface area contributed by atoms with Crippen molar-refractivity contribution in [1.29, 1.82) is 0 Å². The lowest BCUT2D eigenvalue weighted by molar-refractivity contribution is -0.126. The van der Waals surface area contributed by atoms with Crippen LogP contribution in [0.3, 0.4) is 0 Å². The molecule has 2 fully saturated rings. The van der Waals surface area contributed by atoms with Crippen molar-refractivity contribution in [2.75, 3.05) is 6.61 Å². The minimum absolute atomic E-state index is 0.0463. The van der Waals surface area contributed by atoms with Crippen LogP contribution in [0.1, 0.15) is 30.9 Å². The maximum absolute atomic E-state index is 12.1. The molecule has 0 saturated heterocycles. The molecule has 2 saturated carbocycles. The molecule has 1 aromatic carbocycles. The van der Waals surface area contributed by atoms with E-state index in [4.69, 9.17) is 0 Å². The largest absolute Gasteiger partial charge is 0.394 e. The lowest BCUT2D eigenvalue weighted by Gasteiger charge is -2.20. The lowest BCUT2D eigenvalue weighted by Crippen LogP contribution is -2.35. The van der Waals surface area contributed by atoms with Crippen LogP contribution in [0.4, 0.5) is 0 Å². The lowest BCUT2D eigenvalue weighted by atomic mass is 10.0. The first-order valence-electron chi connectivity index (χ1n) is 6.74. The van der Waals surface area contributed by atoms with Crippen molar-refractivity contribution in [2.45, 2.75) is 25.3 Å². The van der Waals surface area contributed by atoms with Gasteiger partial charge in [0.25, 0.3) is 0 Å². The van der Waals surface area contributed by atoms with Gasteiger partial charge in [-0.2, -0.15) is 0 Å². The fourth-order valence-electron chi connectivity index (χ4n) is 3.14. The SMILES string of the molecule is O=C(N[C@@H](CO)c1ccccc1)C1CC2CC2C1. The first kappa shape index (κ1) is 11.7. The van der Waals surface area contributed by atoms with Crippen LogP contribution in [0.5, 0.6) is 0 Å². The molecule has 3 rings (SSSR count). The number of carbonyl (C=O) groups excluding carboxylic acids is 1. The van der Waals surface area contributed by atoms with Crippen LogP contribution in [0, 0.1) is 17.8 Å². The molecule has 0 aromatic heterocycles. The molecule has 0 radical (unpaired) electrons. The number of fused-ring (bicyclic) bond motifs is 1. The molecular weight excluding hydrogens is 226 g/mol. The Morgan fingerprint density at radius 2 is 1.89 bits per heavy atom. The maximum atomic E-state index is 12.1. The monoisotopic (exact) mass is 245 g/mol. The topological polar surface area (TPSA) is 49.3 Å². The van der Waals surface area contributed by atoms with E-state index in [-0.39, 0.29) is 24.5 Å². The zero-order valence-corrected chi connectivity index (χ0v) is 10.4. The molecule has 2 aliphatic carbocycles. The quantitative estimate of drug-likeness (QED) is 0.851. The standard InChI is InChI=1S/C15H19NO2/c17-9-14(10-4-2-1-3-5-10)16-15(18)13-7-11-6-12(11)8-13/h1-5,11-14,17H,6-9H2,(H,16,18)/t11?,12?,13?,14-/m0/s1. The minimum atomic E-state index is -0.268. The summed E-state index contributed by atoms with van der Waals surface area (Å²) in [6.45, 7) is -0.0463. The average Bonchev–Trinajstić information content (AvgIpc) is 3.03. The molecule has 2 N–H and O–H groups in total. The highest BCUT2D eigenvalue weighted by atomic mass is 16.3. The second kappa shape index (κ2) is 4.73. The summed E-state index contributed by atoms with van der Waals surface area (Å²) in [6.07, 6.45) is 3.42. The average molecular weight is 245 g/mol. The number of aliphatic hydroxyl groups excluding tert-OH is 1. The van der Waals surface area contributed by atoms with Gasteiger partial charge in [-0.15, -0.1) is 0 Å². The van der Waals surface area contributed by atoms with E-state index < -0.39 is 0 Å². The van der Waals surface area contributed by atoms with Gasteiger partial charge >= 0.3 is 0 Å². The summed E-state index contributed by atoms with van der Waals surface area (Å²) in [6, 6.07) is 9.39. The number of carbonyl (C=O) groups is 1. The Hall–Kier alpha value is -1.35. The van der Waals surface area contributed by atoms with Crippen LogP contribution < -0.4 is 5.32 Å². The van der Waals surface area contributed by atoms with E-state index in [1.54, 1.807) is 0 Å². The molecule has 0 aliphatic heterocycles. The Morgan fingerprint density at radius 1 is 1.22 bits per heavy atom. The van der Waals surface area contributed by atoms with Gasteiger partial charge in [0.15, 0.2) is 0 Å². The van der Waals surface area contributed by atoms with Gasteiger partial charge in [-0.1, -0.05) is 30.3 Å². The van der Waals surface area contributed by atoms with Gasteiger partial charge in [-0.25, -0.2) is 0 Å². The maximum Gasteiger partial charge on any atom is 0.223 e. The summed E-state index contributed by atoms with van der Waals surface area (Å²) in [5.74, 6) is 1.91. The Morgan fingerprint density at radius 3 is 2.50 bits per heavy atom. The van der Waals surface area contributed by atoms with Crippen LogP contribution >= 0.6 is 0 Å². The summed E-state index contributed by atoms with van der Waals surface area (Å²) in [7, 11) is 0. The van der Waals surface area contributed by atoms with Gasteiger partial charge in [-0.05, 0) is 36.7 Å². The van der Waals surface area contributed by atoms with Crippen molar-refractivity contribution in [3.8, 4) is 0 Å². The Bertz CT molecular complexity index is 421. The molecule has 0 heterocycles. The molecule has 18 heavy (non-hydrogen) atoms. The van der Waals surface area contributed by atoms with Crippen LogP contribution in [-0.4, -0.2) is 17.6 Å². The Kier molecular flexibility index (Phi) is 3.08. The van der Waals surface area contributed by atoms with E-state index >= 15 is 0 Å². The molecule has 0 spiro atoms. The van der Waals surface area contributed by atoms with Crippen LogP contribution in [-0.2, 0) is 4.79 Å². The summed E-state index contributed by atoms with van der Waals surface area (Å²) in [5.41, 5.74) is 0.969. The second-order valence-corrected chi connectivity index (χ2v) is 5.58. The molecule has 3 heteroatoms. The molecule has 2 aliphatic rings. The number of aliphatic hydroxyl groups is 1. The van der Waals surface area contributed by atoms with Crippen LogP contribution in [0.25, 0.3) is 0 Å². The van der Waals surface area contributed by atoms with E-state index in [0.29, 0.717) is 0 Å². The van der Waals surface area contributed by atoms with Crippen molar-refractivity contribution < 1.29 is 9.90 Å². The van der Waals surface area contributed by atoms with Gasteiger partial charge in [0.05, 0.1) is 12.6 Å². The highest BCUT2D eigenvalue weighted by molar-refractivity contribution is 5.79. The van der Waals surface area contributed by atoms with E-state index in [0.717, 1.165) is 30.2 Å². The summed E-state index contributed by atoms with van der Waals surface area (Å²) >= 11 is 0.